The Morgan fingerprint density at radius 1 is 1.19 bits per heavy atom. The topological polar surface area (TPSA) is 64.3 Å². The summed E-state index contributed by atoms with van der Waals surface area (Å²) in [5, 5.41) is 2.89. The Hall–Kier alpha value is -2.63. The van der Waals surface area contributed by atoms with Gasteiger partial charge in [0.2, 0.25) is 5.91 Å². The standard InChI is InChI=1S/C15H14F2N2O2/c1-21-14-5-4-11(7-13(14)17)19-8-10-3-2-9(15(18)20)6-12(10)16/h2-7,19H,8H2,1H3,(H2,18,20). The van der Waals surface area contributed by atoms with Crippen LogP contribution in [-0.2, 0) is 6.54 Å². The predicted molar refractivity (Wildman–Crippen MR) is 75.2 cm³/mol. The van der Waals surface area contributed by atoms with Crippen molar-refractivity contribution in [3.63, 3.8) is 0 Å². The summed E-state index contributed by atoms with van der Waals surface area (Å²) in [5.74, 6) is -1.61. The van der Waals surface area contributed by atoms with Crippen molar-refractivity contribution >= 4 is 11.6 Å². The number of ether oxygens (including phenoxy) is 1. The lowest BCUT2D eigenvalue weighted by Gasteiger charge is -2.09. The number of nitrogens with two attached hydrogens (primary N) is 1. The smallest absolute Gasteiger partial charge is 0.248 e. The molecule has 0 saturated heterocycles. The van der Waals surface area contributed by atoms with Crippen molar-refractivity contribution in [3.05, 3.63) is 59.2 Å². The van der Waals surface area contributed by atoms with Crippen LogP contribution in [0.1, 0.15) is 15.9 Å². The number of methoxy groups -OCH3 is 1. The number of nitrogens with one attached hydrogen (secondary N) is 1. The van der Waals surface area contributed by atoms with Crippen LogP contribution in [0.5, 0.6) is 5.75 Å². The molecule has 0 unspecified atom stereocenters. The maximum atomic E-state index is 13.8. The molecule has 21 heavy (non-hydrogen) atoms. The molecule has 0 atom stereocenters. The third-order valence-corrected chi connectivity index (χ3v) is 2.97. The molecule has 4 nitrogen and oxygen atoms in total. The van der Waals surface area contributed by atoms with Gasteiger partial charge in [-0.05, 0) is 24.3 Å². The van der Waals surface area contributed by atoms with Gasteiger partial charge in [-0.2, -0.15) is 0 Å². The summed E-state index contributed by atoms with van der Waals surface area (Å²) < 4.78 is 32.1. The summed E-state index contributed by atoms with van der Waals surface area (Å²) in [6, 6.07) is 8.34. The second-order valence-corrected chi connectivity index (χ2v) is 4.37. The Morgan fingerprint density at radius 3 is 2.52 bits per heavy atom. The van der Waals surface area contributed by atoms with Crippen LogP contribution in [-0.4, -0.2) is 13.0 Å². The van der Waals surface area contributed by atoms with E-state index in [4.69, 9.17) is 10.5 Å². The zero-order valence-corrected chi connectivity index (χ0v) is 11.3. The number of benzene rings is 2. The molecule has 110 valence electrons. The SMILES string of the molecule is COc1ccc(NCc2ccc(C(N)=O)cc2F)cc1F. The van der Waals surface area contributed by atoms with Crippen LogP contribution >= 0.6 is 0 Å². The first kappa shape index (κ1) is 14.8. The lowest BCUT2D eigenvalue weighted by Crippen LogP contribution is -2.12. The second-order valence-electron chi connectivity index (χ2n) is 4.37. The largest absolute Gasteiger partial charge is 0.494 e. The highest BCUT2D eigenvalue weighted by Gasteiger charge is 2.08. The van der Waals surface area contributed by atoms with E-state index < -0.39 is 17.5 Å². The number of halogens is 2. The van der Waals surface area contributed by atoms with E-state index in [9.17, 15) is 13.6 Å². The van der Waals surface area contributed by atoms with Gasteiger partial charge in [0.25, 0.3) is 0 Å². The van der Waals surface area contributed by atoms with E-state index >= 15 is 0 Å². The lowest BCUT2D eigenvalue weighted by molar-refractivity contribution is 0.1000. The van der Waals surface area contributed by atoms with Crippen molar-refractivity contribution in [2.75, 3.05) is 12.4 Å². The van der Waals surface area contributed by atoms with Gasteiger partial charge in [0.15, 0.2) is 11.6 Å². The summed E-state index contributed by atoms with van der Waals surface area (Å²) in [4.78, 5) is 10.9. The summed E-state index contributed by atoms with van der Waals surface area (Å²) >= 11 is 0. The van der Waals surface area contributed by atoms with Gasteiger partial charge < -0.3 is 15.8 Å². The quantitative estimate of drug-likeness (QED) is 0.890. The first-order valence-corrected chi connectivity index (χ1v) is 6.17. The van der Waals surface area contributed by atoms with Gasteiger partial charge in [0.1, 0.15) is 5.82 Å². The van der Waals surface area contributed by atoms with E-state index in [2.05, 4.69) is 5.32 Å². The van der Waals surface area contributed by atoms with Gasteiger partial charge in [0, 0.05) is 29.4 Å². The molecule has 0 aromatic heterocycles. The minimum absolute atomic E-state index is 0.103. The fraction of sp³-hybridized carbons (Fsp3) is 0.133. The van der Waals surface area contributed by atoms with Crippen molar-refractivity contribution in [3.8, 4) is 5.75 Å². The molecule has 1 amide bonds. The number of anilines is 1. The monoisotopic (exact) mass is 292 g/mol. The average molecular weight is 292 g/mol. The Balaban J connectivity index is 2.09. The minimum Gasteiger partial charge on any atom is -0.494 e. The molecular formula is C15H14F2N2O2. The summed E-state index contributed by atoms with van der Waals surface area (Å²) in [7, 11) is 1.38. The fourth-order valence-electron chi connectivity index (χ4n) is 1.82. The number of amides is 1. The highest BCUT2D eigenvalue weighted by atomic mass is 19.1. The van der Waals surface area contributed by atoms with Crippen LogP contribution in [0, 0.1) is 11.6 Å². The van der Waals surface area contributed by atoms with E-state index in [1.807, 2.05) is 0 Å². The lowest BCUT2D eigenvalue weighted by atomic mass is 10.1. The Labute approximate surface area is 120 Å². The minimum atomic E-state index is -0.689. The maximum Gasteiger partial charge on any atom is 0.248 e. The van der Waals surface area contributed by atoms with E-state index in [-0.39, 0.29) is 17.9 Å². The highest BCUT2D eigenvalue weighted by molar-refractivity contribution is 5.92. The van der Waals surface area contributed by atoms with Gasteiger partial charge in [0.05, 0.1) is 7.11 Å². The molecule has 2 rings (SSSR count). The van der Waals surface area contributed by atoms with Crippen molar-refractivity contribution in [2.24, 2.45) is 5.73 Å². The van der Waals surface area contributed by atoms with Gasteiger partial charge in [-0.25, -0.2) is 8.78 Å². The van der Waals surface area contributed by atoms with Crippen molar-refractivity contribution in [1.82, 2.24) is 0 Å². The second kappa shape index (κ2) is 6.21. The van der Waals surface area contributed by atoms with Gasteiger partial charge in [-0.15, -0.1) is 0 Å². The number of rotatable bonds is 5. The predicted octanol–water partition coefficient (Wildman–Crippen LogP) is 2.68. The molecule has 0 fully saturated rings. The molecule has 0 spiro atoms. The average Bonchev–Trinajstić information content (AvgIpc) is 2.46. The molecule has 0 aliphatic rings. The Bertz CT molecular complexity index is 675. The zero-order valence-electron chi connectivity index (χ0n) is 11.3. The van der Waals surface area contributed by atoms with E-state index in [1.165, 1.54) is 31.4 Å². The number of hydrogen-bond donors (Lipinski definition) is 2. The van der Waals surface area contributed by atoms with Crippen LogP contribution in [0.25, 0.3) is 0 Å². The van der Waals surface area contributed by atoms with Gasteiger partial charge in [-0.3, -0.25) is 4.79 Å². The molecule has 2 aromatic rings. The summed E-state index contributed by atoms with van der Waals surface area (Å²) in [5.41, 5.74) is 6.01. The summed E-state index contributed by atoms with van der Waals surface area (Å²) in [6.45, 7) is 0.149. The highest BCUT2D eigenvalue weighted by Crippen LogP contribution is 2.21. The molecule has 0 heterocycles. The van der Waals surface area contributed by atoms with Crippen molar-refractivity contribution in [2.45, 2.75) is 6.54 Å². The van der Waals surface area contributed by atoms with Crippen LogP contribution in [0.4, 0.5) is 14.5 Å². The first-order valence-electron chi connectivity index (χ1n) is 6.17. The van der Waals surface area contributed by atoms with Crippen LogP contribution in [0.2, 0.25) is 0 Å². The third kappa shape index (κ3) is 3.47. The molecule has 0 bridgehead atoms. The van der Waals surface area contributed by atoms with Crippen LogP contribution < -0.4 is 15.8 Å². The number of carbonyl (C=O) groups excluding carboxylic acids is 1. The van der Waals surface area contributed by atoms with Gasteiger partial charge >= 0.3 is 0 Å². The number of carbonyl (C=O) groups is 1. The third-order valence-electron chi connectivity index (χ3n) is 2.97. The van der Waals surface area contributed by atoms with Gasteiger partial charge in [-0.1, -0.05) is 6.07 Å². The first-order chi connectivity index (χ1) is 10.0. The van der Waals surface area contributed by atoms with Crippen molar-refractivity contribution < 1.29 is 18.3 Å². The summed E-state index contributed by atoms with van der Waals surface area (Å²) in [6.07, 6.45) is 0. The Kier molecular flexibility index (Phi) is 4.37. The van der Waals surface area contributed by atoms with E-state index in [1.54, 1.807) is 6.07 Å². The van der Waals surface area contributed by atoms with E-state index in [0.29, 0.717) is 11.3 Å². The molecule has 0 radical (unpaired) electrons. The molecule has 3 N–H and O–H groups in total. The number of primary amides is 1. The maximum absolute atomic E-state index is 13.8. The molecule has 2 aromatic carbocycles. The zero-order chi connectivity index (χ0) is 15.4. The fourth-order valence-corrected chi connectivity index (χ4v) is 1.82. The van der Waals surface area contributed by atoms with Crippen LogP contribution in [0.15, 0.2) is 36.4 Å². The molecule has 0 aliphatic carbocycles. The molecule has 0 saturated carbocycles. The molecule has 0 aliphatic heterocycles. The van der Waals surface area contributed by atoms with E-state index in [0.717, 1.165) is 6.07 Å². The Morgan fingerprint density at radius 2 is 1.95 bits per heavy atom. The van der Waals surface area contributed by atoms with Crippen LogP contribution in [0.3, 0.4) is 0 Å². The van der Waals surface area contributed by atoms with Crippen molar-refractivity contribution in [1.29, 1.82) is 0 Å². The normalized spacial score (nSPS) is 10.2. The number of hydrogen-bond acceptors (Lipinski definition) is 3. The molecular weight excluding hydrogens is 278 g/mol. The molecule has 6 heteroatoms.